The van der Waals surface area contributed by atoms with E-state index in [1.807, 2.05) is 0 Å². The minimum absolute atomic E-state index is 0.0320. The second-order valence-corrected chi connectivity index (χ2v) is 6.72. The fraction of sp³-hybridized carbons (Fsp3) is 0.0435. The van der Waals surface area contributed by atoms with Gasteiger partial charge in [0, 0.05) is 17.7 Å². The number of benzene rings is 3. The van der Waals surface area contributed by atoms with Gasteiger partial charge in [-0.15, -0.1) is 0 Å². The zero-order chi connectivity index (χ0) is 22.1. The minimum atomic E-state index is -0.868. The number of hydrogen-bond donors (Lipinski definition) is 0. The van der Waals surface area contributed by atoms with Gasteiger partial charge >= 0.3 is 5.97 Å². The topological polar surface area (TPSA) is 95.7 Å². The van der Waals surface area contributed by atoms with Crippen molar-refractivity contribution in [1.29, 1.82) is 0 Å². The van der Waals surface area contributed by atoms with Gasteiger partial charge in [-0.3, -0.25) is 14.9 Å². The van der Waals surface area contributed by atoms with E-state index in [2.05, 4.69) is 0 Å². The van der Waals surface area contributed by atoms with Crippen molar-refractivity contribution in [1.82, 2.24) is 0 Å². The quantitative estimate of drug-likeness (QED) is 0.197. The molecule has 0 spiro atoms. The average Bonchev–Trinajstić information content (AvgIpc) is 3.07. The Labute approximate surface area is 175 Å². The number of ether oxygens (including phenoxy) is 2. The smallest absolute Gasteiger partial charge is 0.346 e. The molecule has 1 aliphatic rings. The molecule has 154 valence electrons. The lowest BCUT2D eigenvalue weighted by Gasteiger charge is -2.10. The van der Waals surface area contributed by atoms with E-state index in [1.54, 1.807) is 6.92 Å². The maximum atomic E-state index is 13.8. The summed E-state index contributed by atoms with van der Waals surface area (Å²) in [6.07, 6.45) is 1.47. The SMILES string of the molecule is Cc1c(OC(=O)c2ccccc2F)ccc2c1O/C(=C\c1ccc([N+](=O)[O-])cc1)C2=O. The number of rotatable bonds is 4. The number of fused-ring (bicyclic) bond motifs is 1. The number of Topliss-reactive ketones (excluding diaryl/α,β-unsaturated/α-hetero) is 1. The third kappa shape index (κ3) is 3.78. The molecule has 0 N–H and O–H groups in total. The molecule has 0 atom stereocenters. The van der Waals surface area contributed by atoms with E-state index in [4.69, 9.17) is 9.47 Å². The number of allylic oxidation sites excluding steroid dienone is 1. The predicted octanol–water partition coefficient (Wildman–Crippen LogP) is 4.88. The van der Waals surface area contributed by atoms with Crippen molar-refractivity contribution in [3.63, 3.8) is 0 Å². The lowest BCUT2D eigenvalue weighted by atomic mass is 10.1. The summed E-state index contributed by atoms with van der Waals surface area (Å²) in [4.78, 5) is 35.2. The molecule has 0 unspecified atom stereocenters. The molecular formula is C23H14FNO6. The number of nitro groups is 1. The van der Waals surface area contributed by atoms with Gasteiger partial charge < -0.3 is 9.47 Å². The first-order chi connectivity index (χ1) is 14.8. The van der Waals surface area contributed by atoms with E-state index in [0.29, 0.717) is 11.1 Å². The molecule has 0 aliphatic carbocycles. The summed E-state index contributed by atoms with van der Waals surface area (Å²) in [5.74, 6) is -1.54. The Morgan fingerprint density at radius 2 is 1.81 bits per heavy atom. The highest BCUT2D eigenvalue weighted by Crippen LogP contribution is 2.39. The first-order valence-electron chi connectivity index (χ1n) is 9.14. The summed E-state index contributed by atoms with van der Waals surface area (Å²) >= 11 is 0. The maximum Gasteiger partial charge on any atom is 0.346 e. The molecule has 0 saturated heterocycles. The average molecular weight is 419 g/mol. The Hall–Kier alpha value is -4.33. The van der Waals surface area contributed by atoms with E-state index in [0.717, 1.165) is 6.07 Å². The van der Waals surface area contributed by atoms with Crippen LogP contribution >= 0.6 is 0 Å². The highest BCUT2D eigenvalue weighted by molar-refractivity contribution is 6.15. The van der Waals surface area contributed by atoms with Crippen molar-refractivity contribution in [2.75, 3.05) is 0 Å². The second-order valence-electron chi connectivity index (χ2n) is 6.72. The summed E-state index contributed by atoms with van der Waals surface area (Å²) < 4.78 is 24.8. The second kappa shape index (κ2) is 7.83. The van der Waals surface area contributed by atoms with Crippen molar-refractivity contribution in [2.24, 2.45) is 0 Å². The Balaban J connectivity index is 1.60. The highest BCUT2D eigenvalue weighted by Gasteiger charge is 2.30. The zero-order valence-electron chi connectivity index (χ0n) is 16.1. The zero-order valence-corrected chi connectivity index (χ0v) is 16.1. The van der Waals surface area contributed by atoms with E-state index in [-0.39, 0.29) is 39.9 Å². The van der Waals surface area contributed by atoms with Gasteiger partial charge in [0.15, 0.2) is 5.76 Å². The van der Waals surface area contributed by atoms with Crippen LogP contribution in [0.25, 0.3) is 6.08 Å². The van der Waals surface area contributed by atoms with Crippen LogP contribution in [0.3, 0.4) is 0 Å². The van der Waals surface area contributed by atoms with Crippen LogP contribution in [0.5, 0.6) is 11.5 Å². The normalized spacial score (nSPS) is 13.6. The number of ketones is 1. The highest BCUT2D eigenvalue weighted by atomic mass is 19.1. The minimum Gasteiger partial charge on any atom is -0.452 e. The van der Waals surface area contributed by atoms with Crippen LogP contribution in [-0.4, -0.2) is 16.7 Å². The Morgan fingerprint density at radius 1 is 1.10 bits per heavy atom. The fourth-order valence-electron chi connectivity index (χ4n) is 3.10. The van der Waals surface area contributed by atoms with Gasteiger partial charge in [-0.25, -0.2) is 9.18 Å². The van der Waals surface area contributed by atoms with Gasteiger partial charge in [0.05, 0.1) is 16.1 Å². The van der Waals surface area contributed by atoms with Crippen LogP contribution in [0.1, 0.15) is 31.8 Å². The number of nitro benzene ring substituents is 1. The van der Waals surface area contributed by atoms with Gasteiger partial charge in [-0.05, 0) is 55.0 Å². The predicted molar refractivity (Wildman–Crippen MR) is 109 cm³/mol. The van der Waals surface area contributed by atoms with Crippen LogP contribution in [0, 0.1) is 22.9 Å². The first-order valence-corrected chi connectivity index (χ1v) is 9.14. The molecule has 0 fully saturated rings. The molecule has 3 aromatic rings. The number of carbonyl (C=O) groups is 2. The standard InChI is InChI=1S/C23H14FNO6/c1-13-19(31-23(27)16-4-2-3-5-18(16)24)11-10-17-21(26)20(30-22(13)17)12-14-6-8-15(9-7-14)25(28)29/h2-12H,1H3/b20-12-. The summed E-state index contributed by atoms with van der Waals surface area (Å²) in [6, 6.07) is 14.0. The summed E-state index contributed by atoms with van der Waals surface area (Å²) in [7, 11) is 0. The molecule has 8 heteroatoms. The van der Waals surface area contributed by atoms with Crippen LogP contribution in [0.2, 0.25) is 0 Å². The molecule has 3 aromatic carbocycles. The first kappa shape index (κ1) is 20.0. The lowest BCUT2D eigenvalue weighted by molar-refractivity contribution is -0.384. The van der Waals surface area contributed by atoms with Crippen molar-refractivity contribution < 1.29 is 28.4 Å². The number of halogens is 1. The molecular weight excluding hydrogens is 405 g/mol. The van der Waals surface area contributed by atoms with Gasteiger partial charge in [0.2, 0.25) is 5.78 Å². The number of hydrogen-bond acceptors (Lipinski definition) is 6. The van der Waals surface area contributed by atoms with Crippen molar-refractivity contribution in [2.45, 2.75) is 6.92 Å². The molecule has 1 aliphatic heterocycles. The van der Waals surface area contributed by atoms with E-state index < -0.39 is 16.7 Å². The molecule has 0 amide bonds. The number of esters is 1. The van der Waals surface area contributed by atoms with Crippen molar-refractivity contribution in [3.05, 3.63) is 105 Å². The fourth-order valence-corrected chi connectivity index (χ4v) is 3.10. The molecule has 31 heavy (non-hydrogen) atoms. The number of non-ortho nitro benzene ring substituents is 1. The molecule has 1 heterocycles. The summed E-state index contributed by atoms with van der Waals surface area (Å²) in [6.45, 7) is 1.62. The molecule has 0 aromatic heterocycles. The Bertz CT molecular complexity index is 1260. The third-order valence-electron chi connectivity index (χ3n) is 4.73. The van der Waals surface area contributed by atoms with E-state index in [1.165, 1.54) is 60.7 Å². The summed E-state index contributed by atoms with van der Waals surface area (Å²) in [5.41, 5.74) is 0.962. The molecule has 0 bridgehead atoms. The van der Waals surface area contributed by atoms with Gasteiger partial charge in [-0.1, -0.05) is 12.1 Å². The number of nitrogens with zero attached hydrogens (tertiary/aromatic N) is 1. The monoisotopic (exact) mass is 419 g/mol. The Morgan fingerprint density at radius 3 is 2.48 bits per heavy atom. The van der Waals surface area contributed by atoms with Crippen LogP contribution in [-0.2, 0) is 0 Å². The van der Waals surface area contributed by atoms with Gasteiger partial charge in [0.25, 0.3) is 5.69 Å². The maximum absolute atomic E-state index is 13.8. The van der Waals surface area contributed by atoms with Gasteiger partial charge in [0.1, 0.15) is 17.3 Å². The Kier molecular flexibility index (Phi) is 5.04. The van der Waals surface area contributed by atoms with Gasteiger partial charge in [-0.2, -0.15) is 0 Å². The van der Waals surface area contributed by atoms with Crippen LogP contribution in [0.15, 0.2) is 66.4 Å². The van der Waals surface area contributed by atoms with E-state index >= 15 is 0 Å². The van der Waals surface area contributed by atoms with Crippen molar-refractivity contribution >= 4 is 23.5 Å². The largest absolute Gasteiger partial charge is 0.452 e. The molecule has 0 saturated carbocycles. The summed E-state index contributed by atoms with van der Waals surface area (Å²) in [5, 5.41) is 10.8. The van der Waals surface area contributed by atoms with E-state index in [9.17, 15) is 24.1 Å². The third-order valence-corrected chi connectivity index (χ3v) is 4.73. The number of carbonyl (C=O) groups excluding carboxylic acids is 2. The van der Waals surface area contributed by atoms with Crippen molar-refractivity contribution in [3.8, 4) is 11.5 Å². The lowest BCUT2D eigenvalue weighted by Crippen LogP contribution is -2.11. The molecule has 7 nitrogen and oxygen atoms in total. The molecule has 4 rings (SSSR count). The van der Waals surface area contributed by atoms with Crippen LogP contribution < -0.4 is 9.47 Å². The molecule has 0 radical (unpaired) electrons. The van der Waals surface area contributed by atoms with Crippen LogP contribution in [0.4, 0.5) is 10.1 Å².